The molecule has 6 nitrogen and oxygen atoms in total. The van der Waals surface area contributed by atoms with Crippen molar-refractivity contribution in [3.63, 3.8) is 0 Å². The Kier molecular flexibility index (Phi) is 5.03. The van der Waals surface area contributed by atoms with E-state index in [1.165, 1.54) is 13.2 Å². The zero-order chi connectivity index (χ0) is 18.5. The highest BCUT2D eigenvalue weighted by Crippen LogP contribution is 2.31. The van der Waals surface area contributed by atoms with Crippen LogP contribution in [0.25, 0.3) is 22.0 Å². The second-order valence-electron chi connectivity index (χ2n) is 5.68. The van der Waals surface area contributed by atoms with Crippen molar-refractivity contribution >= 4 is 28.5 Å². The molecule has 0 aliphatic rings. The number of nitrogens with one attached hydrogen (secondary N) is 2. The monoisotopic (exact) mass is 349 g/mol. The number of hydrogen-bond donors (Lipinski definition) is 3. The first-order valence-electron chi connectivity index (χ1n) is 8.09. The van der Waals surface area contributed by atoms with Crippen molar-refractivity contribution < 1.29 is 14.3 Å². The molecule has 0 saturated heterocycles. The Labute approximate surface area is 150 Å². The molecule has 132 valence electrons. The molecule has 0 fully saturated rings. The topological polar surface area (TPSA) is 97.2 Å². The molecular formula is C20H19N3O3. The lowest BCUT2D eigenvalue weighted by molar-refractivity contribution is -0.134. The van der Waals surface area contributed by atoms with Gasteiger partial charge < -0.3 is 20.8 Å². The lowest BCUT2D eigenvalue weighted by Crippen LogP contribution is -2.11. The highest BCUT2D eigenvalue weighted by atomic mass is 16.5. The van der Waals surface area contributed by atoms with Crippen molar-refractivity contribution in [3.8, 4) is 11.1 Å². The highest BCUT2D eigenvalue weighted by Gasteiger charge is 2.12. The molecule has 0 saturated carbocycles. The van der Waals surface area contributed by atoms with E-state index >= 15 is 0 Å². The Morgan fingerprint density at radius 3 is 2.85 bits per heavy atom. The third kappa shape index (κ3) is 3.59. The minimum Gasteiger partial charge on any atom is -0.466 e. The number of hydrogen-bond acceptors (Lipinski definition) is 4. The molecule has 0 radical (unpaired) electrons. The summed E-state index contributed by atoms with van der Waals surface area (Å²) in [6.07, 6.45) is 4.87. The second kappa shape index (κ2) is 7.57. The van der Waals surface area contributed by atoms with E-state index in [4.69, 9.17) is 5.73 Å². The number of ether oxygens (including phenoxy) is 1. The molecule has 0 atom stereocenters. The number of methoxy groups -OCH3 is 1. The molecule has 4 N–H and O–H groups in total. The summed E-state index contributed by atoms with van der Waals surface area (Å²) in [7, 11) is 1.34. The predicted octanol–water partition coefficient (Wildman–Crippen LogP) is 3.07. The molecule has 3 rings (SSSR count). The van der Waals surface area contributed by atoms with Crippen LogP contribution in [0, 0.1) is 0 Å². The second-order valence-corrected chi connectivity index (χ2v) is 5.68. The number of anilines is 1. The molecule has 0 aliphatic carbocycles. The molecule has 0 unspecified atom stereocenters. The van der Waals surface area contributed by atoms with Gasteiger partial charge in [0.05, 0.1) is 18.2 Å². The molecule has 0 aliphatic heterocycles. The molecule has 3 aromatic rings. The maximum absolute atomic E-state index is 11.6. The maximum atomic E-state index is 11.6. The normalized spacial score (nSPS) is 11.0. The summed E-state index contributed by atoms with van der Waals surface area (Å²) in [5.41, 5.74) is 9.57. The fourth-order valence-electron chi connectivity index (χ4n) is 2.81. The van der Waals surface area contributed by atoms with Crippen molar-refractivity contribution in [1.82, 2.24) is 4.98 Å². The Morgan fingerprint density at radius 2 is 2.08 bits per heavy atom. The number of fused-ring (bicyclic) bond motifs is 1. The van der Waals surface area contributed by atoms with Crippen LogP contribution in [0.1, 0.15) is 10.4 Å². The minimum absolute atomic E-state index is 0.384. The van der Waals surface area contributed by atoms with Gasteiger partial charge in [0.2, 0.25) is 0 Å². The lowest BCUT2D eigenvalue weighted by atomic mass is 9.98. The molecule has 0 spiro atoms. The van der Waals surface area contributed by atoms with Crippen LogP contribution in [0.3, 0.4) is 0 Å². The molecule has 6 heteroatoms. The lowest BCUT2D eigenvalue weighted by Gasteiger charge is -2.09. The van der Waals surface area contributed by atoms with E-state index in [0.29, 0.717) is 12.1 Å². The standard InChI is InChI=1S/C20H19N3O3/c1-26-18(24)6-3-10-22-14-5-2-4-13(12-14)15-7-8-17(20(21)25)19-16(15)9-11-23-19/h2-9,11-12,22-23H,10H2,1H3,(H2,21,25). The fraction of sp³-hybridized carbons (Fsp3) is 0.100. The molecule has 1 aromatic heterocycles. The average Bonchev–Trinajstić information content (AvgIpc) is 3.14. The first kappa shape index (κ1) is 17.3. The third-order valence-corrected chi connectivity index (χ3v) is 4.04. The van der Waals surface area contributed by atoms with Gasteiger partial charge in [0.15, 0.2) is 0 Å². The number of primary amides is 1. The molecule has 1 heterocycles. The Hall–Kier alpha value is -3.54. The van der Waals surface area contributed by atoms with E-state index < -0.39 is 5.91 Å². The van der Waals surface area contributed by atoms with E-state index in [2.05, 4.69) is 15.0 Å². The van der Waals surface area contributed by atoms with Crippen LogP contribution in [-0.4, -0.2) is 30.5 Å². The zero-order valence-electron chi connectivity index (χ0n) is 14.3. The number of aromatic amines is 1. The van der Waals surface area contributed by atoms with E-state index in [1.54, 1.807) is 18.3 Å². The number of aromatic nitrogens is 1. The largest absolute Gasteiger partial charge is 0.466 e. The third-order valence-electron chi connectivity index (χ3n) is 4.04. The SMILES string of the molecule is COC(=O)C=CCNc1cccc(-c2ccc(C(N)=O)c3[nH]ccc23)c1. The van der Waals surface area contributed by atoms with Crippen LogP contribution in [0.4, 0.5) is 5.69 Å². The molecule has 26 heavy (non-hydrogen) atoms. The first-order chi connectivity index (χ1) is 12.6. The van der Waals surface area contributed by atoms with Crippen molar-refractivity contribution in [1.29, 1.82) is 0 Å². The van der Waals surface area contributed by atoms with Crippen molar-refractivity contribution in [2.75, 3.05) is 19.0 Å². The molecular weight excluding hydrogens is 330 g/mol. The van der Waals surface area contributed by atoms with Gasteiger partial charge >= 0.3 is 5.97 Å². The predicted molar refractivity (Wildman–Crippen MR) is 102 cm³/mol. The van der Waals surface area contributed by atoms with Crippen LogP contribution in [-0.2, 0) is 9.53 Å². The van der Waals surface area contributed by atoms with Crippen LogP contribution in [0.15, 0.2) is 60.8 Å². The average molecular weight is 349 g/mol. The number of carbonyl (C=O) groups is 2. The van der Waals surface area contributed by atoms with Crippen molar-refractivity contribution in [3.05, 3.63) is 66.4 Å². The van der Waals surface area contributed by atoms with Crippen LogP contribution in [0.2, 0.25) is 0 Å². The van der Waals surface area contributed by atoms with Crippen LogP contribution < -0.4 is 11.1 Å². The van der Waals surface area contributed by atoms with Crippen LogP contribution in [0.5, 0.6) is 0 Å². The number of amides is 1. The molecule has 0 bridgehead atoms. The van der Waals surface area contributed by atoms with Gasteiger partial charge in [0.1, 0.15) is 0 Å². The first-order valence-corrected chi connectivity index (χ1v) is 8.09. The summed E-state index contributed by atoms with van der Waals surface area (Å²) in [5, 5.41) is 4.16. The van der Waals surface area contributed by atoms with Gasteiger partial charge in [-0.15, -0.1) is 0 Å². The maximum Gasteiger partial charge on any atom is 0.330 e. The fourth-order valence-corrected chi connectivity index (χ4v) is 2.81. The number of esters is 1. The van der Waals surface area contributed by atoms with Gasteiger partial charge in [-0.3, -0.25) is 4.79 Å². The van der Waals surface area contributed by atoms with Crippen molar-refractivity contribution in [2.45, 2.75) is 0 Å². The van der Waals surface area contributed by atoms with Gasteiger partial charge in [-0.25, -0.2) is 4.79 Å². The number of carbonyl (C=O) groups excluding carboxylic acids is 2. The zero-order valence-corrected chi connectivity index (χ0v) is 14.3. The molecule has 2 aromatic carbocycles. The van der Waals surface area contributed by atoms with E-state index in [0.717, 1.165) is 27.7 Å². The number of rotatable bonds is 6. The Bertz CT molecular complexity index is 989. The Balaban J connectivity index is 1.87. The van der Waals surface area contributed by atoms with Gasteiger partial charge in [-0.1, -0.05) is 24.3 Å². The quantitative estimate of drug-likeness (QED) is 0.470. The smallest absolute Gasteiger partial charge is 0.330 e. The molecule has 1 amide bonds. The van der Waals surface area contributed by atoms with Gasteiger partial charge in [-0.2, -0.15) is 0 Å². The van der Waals surface area contributed by atoms with E-state index in [-0.39, 0.29) is 5.97 Å². The summed E-state index contributed by atoms with van der Waals surface area (Å²) in [6, 6.07) is 13.5. The summed E-state index contributed by atoms with van der Waals surface area (Å²) < 4.78 is 4.55. The highest BCUT2D eigenvalue weighted by molar-refractivity contribution is 6.09. The summed E-state index contributed by atoms with van der Waals surface area (Å²) in [4.78, 5) is 25.7. The van der Waals surface area contributed by atoms with E-state index in [1.807, 2.05) is 36.4 Å². The Morgan fingerprint density at radius 1 is 1.23 bits per heavy atom. The minimum atomic E-state index is -0.461. The summed E-state index contributed by atoms with van der Waals surface area (Å²) in [5.74, 6) is -0.846. The number of H-pyrrole nitrogens is 1. The number of benzene rings is 2. The van der Waals surface area contributed by atoms with Gasteiger partial charge in [0, 0.05) is 29.9 Å². The van der Waals surface area contributed by atoms with Gasteiger partial charge in [-0.05, 0) is 35.4 Å². The van der Waals surface area contributed by atoms with E-state index in [9.17, 15) is 9.59 Å². The summed E-state index contributed by atoms with van der Waals surface area (Å²) >= 11 is 0. The van der Waals surface area contributed by atoms with Gasteiger partial charge in [0.25, 0.3) is 5.91 Å². The van der Waals surface area contributed by atoms with Crippen molar-refractivity contribution in [2.24, 2.45) is 5.73 Å². The van der Waals surface area contributed by atoms with Crippen LogP contribution >= 0.6 is 0 Å². The number of nitrogens with two attached hydrogens (primary N) is 1. The summed E-state index contributed by atoms with van der Waals surface area (Å²) in [6.45, 7) is 0.499.